The Bertz CT molecular complexity index is 904. The molecule has 0 saturated carbocycles. The van der Waals surface area contributed by atoms with Crippen LogP contribution in [-0.4, -0.2) is 20.5 Å². The van der Waals surface area contributed by atoms with E-state index in [1.165, 1.54) is 0 Å². The van der Waals surface area contributed by atoms with Crippen LogP contribution in [0, 0.1) is 0 Å². The van der Waals surface area contributed by atoms with Crippen molar-refractivity contribution in [2.45, 2.75) is 0 Å². The van der Waals surface area contributed by atoms with Gasteiger partial charge in [0.15, 0.2) is 0 Å². The molecule has 106 valence electrons. The minimum atomic E-state index is -0.0631. The smallest absolute Gasteiger partial charge is 0.328 e. The number of nitrogens with zero attached hydrogens (tertiary/aromatic N) is 3. The topological polar surface area (TPSA) is 59.5 Å². The number of aromatic nitrogens is 2. The minimum Gasteiger partial charge on any atom is -0.507 e. The summed E-state index contributed by atoms with van der Waals surface area (Å²) in [5.74, 6) is 0.189. The maximum atomic E-state index is 11.9. The number of phenols is 1. The molecule has 0 aliphatic carbocycles. The van der Waals surface area contributed by atoms with Crippen LogP contribution in [0.3, 0.4) is 0 Å². The molecule has 0 radical (unpaired) electrons. The van der Waals surface area contributed by atoms with Gasteiger partial charge in [-0.05, 0) is 30.3 Å². The summed E-state index contributed by atoms with van der Waals surface area (Å²) in [6.07, 6.45) is 1.61. The first-order chi connectivity index (χ1) is 10.1. The van der Waals surface area contributed by atoms with Crippen LogP contribution in [0.1, 0.15) is 5.56 Å². The quantitative estimate of drug-likeness (QED) is 0.733. The van der Waals surface area contributed by atoms with E-state index >= 15 is 0 Å². The molecule has 21 heavy (non-hydrogen) atoms. The van der Waals surface area contributed by atoms with Crippen molar-refractivity contribution in [3.05, 3.63) is 58.5 Å². The molecule has 1 heterocycles. The highest BCUT2D eigenvalue weighted by atomic mass is 16.3. The van der Waals surface area contributed by atoms with Gasteiger partial charge in [-0.2, -0.15) is 0 Å². The second kappa shape index (κ2) is 4.94. The van der Waals surface area contributed by atoms with Crippen LogP contribution < -0.4 is 5.69 Å². The SMILES string of the molecule is Cn1c(=O)n(C)c2cc(N=Cc3ccccc3O)ccc21. The third-order valence-electron chi connectivity index (χ3n) is 3.55. The second-order valence-corrected chi connectivity index (χ2v) is 4.89. The Balaban J connectivity index is 2.04. The average molecular weight is 281 g/mol. The van der Waals surface area contributed by atoms with Crippen molar-refractivity contribution in [2.75, 3.05) is 0 Å². The first-order valence-electron chi connectivity index (χ1n) is 6.55. The molecule has 0 bridgehead atoms. The van der Waals surface area contributed by atoms with Crippen molar-refractivity contribution in [1.82, 2.24) is 9.13 Å². The van der Waals surface area contributed by atoms with Crippen molar-refractivity contribution in [3.8, 4) is 5.75 Å². The molecule has 0 unspecified atom stereocenters. The van der Waals surface area contributed by atoms with Gasteiger partial charge in [0.25, 0.3) is 0 Å². The molecular formula is C16H15N3O2. The zero-order valence-corrected chi connectivity index (χ0v) is 11.8. The summed E-state index contributed by atoms with van der Waals surface area (Å²) in [7, 11) is 3.48. The fraction of sp³-hybridized carbons (Fsp3) is 0.125. The molecule has 3 rings (SSSR count). The average Bonchev–Trinajstić information content (AvgIpc) is 2.71. The lowest BCUT2D eigenvalue weighted by atomic mass is 10.2. The van der Waals surface area contributed by atoms with E-state index < -0.39 is 0 Å². The zero-order valence-electron chi connectivity index (χ0n) is 11.8. The van der Waals surface area contributed by atoms with E-state index in [1.54, 1.807) is 47.6 Å². The monoisotopic (exact) mass is 281 g/mol. The Hall–Kier alpha value is -2.82. The van der Waals surface area contributed by atoms with E-state index in [1.807, 2.05) is 24.3 Å². The van der Waals surface area contributed by atoms with Gasteiger partial charge in [-0.1, -0.05) is 12.1 Å². The maximum absolute atomic E-state index is 11.9. The predicted octanol–water partition coefficient (Wildman–Crippen LogP) is 2.33. The molecule has 0 atom stereocenters. The molecule has 1 N–H and O–H groups in total. The summed E-state index contributed by atoms with van der Waals surface area (Å²) < 4.78 is 3.19. The van der Waals surface area contributed by atoms with Gasteiger partial charge in [-0.15, -0.1) is 0 Å². The van der Waals surface area contributed by atoms with E-state index in [2.05, 4.69) is 4.99 Å². The maximum Gasteiger partial charge on any atom is 0.328 e. The summed E-state index contributed by atoms with van der Waals surface area (Å²) in [5.41, 5.74) is 3.01. The summed E-state index contributed by atoms with van der Waals surface area (Å²) in [6.45, 7) is 0. The van der Waals surface area contributed by atoms with Crippen LogP contribution in [0.4, 0.5) is 5.69 Å². The van der Waals surface area contributed by atoms with Crippen molar-refractivity contribution < 1.29 is 5.11 Å². The third kappa shape index (κ3) is 2.23. The Kier molecular flexibility index (Phi) is 3.10. The molecule has 1 aromatic heterocycles. The molecule has 5 nitrogen and oxygen atoms in total. The molecular weight excluding hydrogens is 266 g/mol. The number of phenolic OH excluding ortho intramolecular Hbond substituents is 1. The van der Waals surface area contributed by atoms with Gasteiger partial charge in [0.2, 0.25) is 0 Å². The highest BCUT2D eigenvalue weighted by Crippen LogP contribution is 2.21. The Labute approximate surface area is 121 Å². The van der Waals surface area contributed by atoms with E-state index in [4.69, 9.17) is 0 Å². The Morgan fingerprint density at radius 2 is 1.76 bits per heavy atom. The van der Waals surface area contributed by atoms with Crippen LogP contribution in [0.5, 0.6) is 5.75 Å². The Morgan fingerprint density at radius 3 is 2.52 bits per heavy atom. The minimum absolute atomic E-state index is 0.0631. The zero-order chi connectivity index (χ0) is 15.0. The number of hydrogen-bond acceptors (Lipinski definition) is 3. The van der Waals surface area contributed by atoms with Gasteiger partial charge in [-0.3, -0.25) is 14.1 Å². The van der Waals surface area contributed by atoms with Gasteiger partial charge in [-0.25, -0.2) is 4.79 Å². The molecule has 0 amide bonds. The first-order valence-corrected chi connectivity index (χ1v) is 6.55. The highest BCUT2D eigenvalue weighted by molar-refractivity contribution is 5.87. The van der Waals surface area contributed by atoms with Crippen molar-refractivity contribution in [3.63, 3.8) is 0 Å². The van der Waals surface area contributed by atoms with Crippen molar-refractivity contribution >= 4 is 22.9 Å². The number of aromatic hydroxyl groups is 1. The lowest BCUT2D eigenvalue weighted by Crippen LogP contribution is -2.19. The second-order valence-electron chi connectivity index (χ2n) is 4.89. The van der Waals surface area contributed by atoms with Crippen LogP contribution in [0.2, 0.25) is 0 Å². The van der Waals surface area contributed by atoms with E-state index in [-0.39, 0.29) is 11.4 Å². The van der Waals surface area contributed by atoms with E-state index in [0.717, 1.165) is 16.7 Å². The number of benzene rings is 2. The van der Waals surface area contributed by atoms with Gasteiger partial charge < -0.3 is 5.11 Å². The van der Waals surface area contributed by atoms with Crippen LogP contribution in [-0.2, 0) is 14.1 Å². The molecule has 0 fully saturated rings. The summed E-state index contributed by atoms with van der Waals surface area (Å²) in [5, 5.41) is 9.70. The van der Waals surface area contributed by atoms with Gasteiger partial charge >= 0.3 is 5.69 Å². The lowest BCUT2D eigenvalue weighted by Gasteiger charge is -1.99. The molecule has 3 aromatic rings. The number of hydrogen-bond donors (Lipinski definition) is 1. The molecule has 0 aliphatic rings. The summed E-state index contributed by atoms with van der Waals surface area (Å²) >= 11 is 0. The number of para-hydroxylation sites is 1. The van der Waals surface area contributed by atoms with Gasteiger partial charge in [0.05, 0.1) is 16.7 Å². The molecule has 2 aromatic carbocycles. The Morgan fingerprint density at radius 1 is 1.05 bits per heavy atom. The number of imidazole rings is 1. The van der Waals surface area contributed by atoms with Crippen molar-refractivity contribution in [2.24, 2.45) is 19.1 Å². The number of aliphatic imine (C=N–C) groups is 1. The third-order valence-corrected chi connectivity index (χ3v) is 3.55. The fourth-order valence-corrected chi connectivity index (χ4v) is 2.32. The molecule has 0 saturated heterocycles. The molecule has 5 heteroatoms. The van der Waals surface area contributed by atoms with Crippen LogP contribution in [0.15, 0.2) is 52.3 Å². The molecule has 0 spiro atoms. The van der Waals surface area contributed by atoms with Crippen LogP contribution >= 0.6 is 0 Å². The van der Waals surface area contributed by atoms with E-state index in [9.17, 15) is 9.90 Å². The number of fused-ring (bicyclic) bond motifs is 1. The largest absolute Gasteiger partial charge is 0.507 e. The fourth-order valence-electron chi connectivity index (χ4n) is 2.32. The molecule has 0 aliphatic heterocycles. The normalized spacial score (nSPS) is 11.5. The van der Waals surface area contributed by atoms with Gasteiger partial charge in [0.1, 0.15) is 5.75 Å². The van der Waals surface area contributed by atoms with Gasteiger partial charge in [0, 0.05) is 25.9 Å². The standard InChI is InChI=1S/C16H15N3O2/c1-18-13-8-7-12(9-14(13)19(2)16(18)21)17-10-11-5-3-4-6-15(11)20/h3-10,20H,1-2H3. The lowest BCUT2D eigenvalue weighted by molar-refractivity contribution is 0.474. The number of rotatable bonds is 2. The predicted molar refractivity (Wildman–Crippen MR) is 83.5 cm³/mol. The van der Waals surface area contributed by atoms with Crippen LogP contribution in [0.25, 0.3) is 11.0 Å². The van der Waals surface area contributed by atoms with E-state index in [0.29, 0.717) is 5.56 Å². The summed E-state index contributed by atoms with van der Waals surface area (Å²) in [4.78, 5) is 16.2. The number of aryl methyl sites for hydroxylation is 2. The first kappa shape index (κ1) is 13.2. The highest BCUT2D eigenvalue weighted by Gasteiger charge is 2.07. The summed E-state index contributed by atoms with van der Waals surface area (Å²) in [6, 6.07) is 12.6. The van der Waals surface area contributed by atoms with Crippen molar-refractivity contribution in [1.29, 1.82) is 0 Å².